The van der Waals surface area contributed by atoms with Gasteiger partial charge in [0.05, 0.1) is 0 Å². The van der Waals surface area contributed by atoms with E-state index in [1.165, 1.54) is 30.4 Å². The van der Waals surface area contributed by atoms with Crippen LogP contribution >= 0.6 is 0 Å². The number of carbonyl (C=O) groups is 1. The van der Waals surface area contributed by atoms with Gasteiger partial charge >= 0.3 is 6.03 Å². The zero-order valence-electron chi connectivity index (χ0n) is 14.5. The van der Waals surface area contributed by atoms with Crippen molar-refractivity contribution in [1.82, 2.24) is 10.2 Å². The molecule has 0 spiro atoms. The summed E-state index contributed by atoms with van der Waals surface area (Å²) < 4.78 is 0. The van der Waals surface area contributed by atoms with Crippen molar-refractivity contribution in [3.05, 3.63) is 35.4 Å². The number of benzene rings is 1. The molecule has 3 nitrogen and oxygen atoms in total. The van der Waals surface area contributed by atoms with E-state index in [-0.39, 0.29) is 11.4 Å². The molecular formula is C19H30N2O. The Labute approximate surface area is 135 Å². The lowest BCUT2D eigenvalue weighted by molar-refractivity contribution is 0.172. The van der Waals surface area contributed by atoms with Gasteiger partial charge < -0.3 is 10.2 Å². The number of aryl methyl sites for hydroxylation is 1. The molecule has 1 aliphatic rings. The molecule has 1 aromatic carbocycles. The second kappa shape index (κ2) is 7.17. The molecule has 0 bridgehead atoms. The monoisotopic (exact) mass is 302 g/mol. The maximum atomic E-state index is 12.4. The number of amides is 2. The van der Waals surface area contributed by atoms with Gasteiger partial charge in [-0.1, -0.05) is 57.4 Å². The molecular weight excluding hydrogens is 272 g/mol. The molecule has 0 atom stereocenters. The number of hydrogen-bond donors (Lipinski definition) is 1. The molecule has 22 heavy (non-hydrogen) atoms. The third kappa shape index (κ3) is 4.02. The minimum absolute atomic E-state index is 0.0611. The molecule has 0 unspecified atom stereocenters. The number of nitrogens with zero attached hydrogens (tertiary/aromatic N) is 1. The summed E-state index contributed by atoms with van der Waals surface area (Å²) in [7, 11) is 1.94. The maximum Gasteiger partial charge on any atom is 0.317 e. The van der Waals surface area contributed by atoms with Gasteiger partial charge in [0, 0.05) is 25.0 Å². The fourth-order valence-corrected chi connectivity index (χ4v) is 3.48. The van der Waals surface area contributed by atoms with Crippen LogP contribution in [0.2, 0.25) is 0 Å². The third-order valence-electron chi connectivity index (χ3n) is 5.00. The van der Waals surface area contributed by atoms with Crippen LogP contribution in [0.1, 0.15) is 57.1 Å². The Morgan fingerprint density at radius 2 is 1.86 bits per heavy atom. The quantitative estimate of drug-likeness (QED) is 0.886. The minimum Gasteiger partial charge on any atom is -0.337 e. The highest BCUT2D eigenvalue weighted by molar-refractivity contribution is 5.74. The normalized spacial score (nSPS) is 16.4. The van der Waals surface area contributed by atoms with Crippen molar-refractivity contribution in [2.24, 2.45) is 0 Å². The van der Waals surface area contributed by atoms with Crippen molar-refractivity contribution in [3.63, 3.8) is 0 Å². The number of urea groups is 1. The summed E-state index contributed by atoms with van der Waals surface area (Å²) in [6, 6.07) is 8.90. The minimum atomic E-state index is -0.0611. The van der Waals surface area contributed by atoms with Gasteiger partial charge in [0.25, 0.3) is 0 Å². The van der Waals surface area contributed by atoms with Gasteiger partial charge in [-0.25, -0.2) is 4.79 Å². The average Bonchev–Trinajstić information content (AvgIpc) is 2.53. The molecule has 0 radical (unpaired) electrons. The first-order valence-electron chi connectivity index (χ1n) is 8.48. The first kappa shape index (κ1) is 16.9. The second-order valence-electron chi connectivity index (χ2n) is 7.26. The lowest BCUT2D eigenvalue weighted by Gasteiger charge is -2.33. The highest BCUT2D eigenvalue weighted by Gasteiger charge is 2.26. The molecule has 1 aliphatic carbocycles. The van der Waals surface area contributed by atoms with Crippen molar-refractivity contribution >= 4 is 6.03 Å². The van der Waals surface area contributed by atoms with E-state index in [9.17, 15) is 4.79 Å². The number of hydrogen-bond acceptors (Lipinski definition) is 1. The van der Waals surface area contributed by atoms with Crippen molar-refractivity contribution in [3.8, 4) is 0 Å². The van der Waals surface area contributed by atoms with Crippen molar-refractivity contribution in [1.29, 1.82) is 0 Å². The van der Waals surface area contributed by atoms with Gasteiger partial charge in [0.1, 0.15) is 0 Å². The molecule has 0 heterocycles. The summed E-state index contributed by atoms with van der Waals surface area (Å²) in [5, 5.41) is 3.13. The van der Waals surface area contributed by atoms with Crippen LogP contribution in [0.25, 0.3) is 0 Å². The van der Waals surface area contributed by atoms with Crippen LogP contribution < -0.4 is 5.32 Å². The lowest BCUT2D eigenvalue weighted by Crippen LogP contribution is -2.47. The van der Waals surface area contributed by atoms with Gasteiger partial charge in [0.2, 0.25) is 0 Å². The van der Waals surface area contributed by atoms with Crippen molar-refractivity contribution in [2.45, 2.75) is 64.3 Å². The first-order chi connectivity index (χ1) is 10.4. The second-order valence-corrected chi connectivity index (χ2v) is 7.26. The summed E-state index contributed by atoms with van der Waals surface area (Å²) in [5.41, 5.74) is 2.52. The molecule has 0 aromatic heterocycles. The molecule has 0 aliphatic heterocycles. The predicted molar refractivity (Wildman–Crippen MR) is 92.2 cm³/mol. The first-order valence-corrected chi connectivity index (χ1v) is 8.48. The van der Waals surface area contributed by atoms with Gasteiger partial charge in [-0.15, -0.1) is 0 Å². The Morgan fingerprint density at radius 1 is 1.23 bits per heavy atom. The van der Waals surface area contributed by atoms with Gasteiger partial charge in [0.15, 0.2) is 0 Å². The van der Waals surface area contributed by atoms with Crippen molar-refractivity contribution in [2.75, 3.05) is 13.6 Å². The fourth-order valence-electron chi connectivity index (χ4n) is 3.48. The standard InChI is InChI=1S/C19H30N2O/c1-15-10-8-9-13-17(15)19(2,3)14-20-18(22)21(4)16-11-6-5-7-12-16/h8-10,13,16H,5-7,11-12,14H2,1-4H3,(H,20,22). The Hall–Kier alpha value is -1.51. The van der Waals surface area contributed by atoms with Crippen LogP contribution in [-0.2, 0) is 5.41 Å². The molecule has 1 N–H and O–H groups in total. The molecule has 3 heteroatoms. The Balaban J connectivity index is 1.93. The summed E-state index contributed by atoms with van der Waals surface area (Å²) in [4.78, 5) is 14.3. The van der Waals surface area contributed by atoms with Gasteiger partial charge in [-0.2, -0.15) is 0 Å². The molecule has 122 valence electrons. The smallest absolute Gasteiger partial charge is 0.317 e. The highest BCUT2D eigenvalue weighted by atomic mass is 16.2. The van der Waals surface area contributed by atoms with E-state index in [2.05, 4.69) is 50.4 Å². The van der Waals surface area contributed by atoms with E-state index in [0.29, 0.717) is 12.6 Å². The summed E-state index contributed by atoms with van der Waals surface area (Å²) in [5.74, 6) is 0. The van der Waals surface area contributed by atoms with Crippen LogP contribution in [0, 0.1) is 6.92 Å². The van der Waals surface area contributed by atoms with Gasteiger partial charge in [-0.05, 0) is 30.9 Å². The number of carbonyl (C=O) groups excluding carboxylic acids is 1. The van der Waals surface area contributed by atoms with Crippen LogP contribution in [0.4, 0.5) is 4.79 Å². The Morgan fingerprint density at radius 3 is 2.50 bits per heavy atom. The highest BCUT2D eigenvalue weighted by Crippen LogP contribution is 2.26. The van der Waals surface area contributed by atoms with E-state index >= 15 is 0 Å². The molecule has 1 fully saturated rings. The molecule has 1 aromatic rings. The molecule has 0 saturated heterocycles. The predicted octanol–water partition coefficient (Wildman–Crippen LogP) is 4.25. The summed E-state index contributed by atoms with van der Waals surface area (Å²) in [6.07, 6.45) is 6.09. The van der Waals surface area contributed by atoms with Crippen LogP contribution in [0.15, 0.2) is 24.3 Å². The van der Waals surface area contributed by atoms with Crippen molar-refractivity contribution < 1.29 is 4.79 Å². The Kier molecular flexibility index (Phi) is 5.49. The van der Waals surface area contributed by atoms with E-state index < -0.39 is 0 Å². The third-order valence-corrected chi connectivity index (χ3v) is 5.00. The van der Waals surface area contributed by atoms with Crippen LogP contribution in [0.5, 0.6) is 0 Å². The summed E-state index contributed by atoms with van der Waals surface area (Å²) in [6.45, 7) is 7.17. The molecule has 1 saturated carbocycles. The van der Waals surface area contributed by atoms with E-state index in [1.807, 2.05) is 11.9 Å². The lowest BCUT2D eigenvalue weighted by atomic mass is 9.82. The average molecular weight is 302 g/mol. The molecule has 2 amide bonds. The maximum absolute atomic E-state index is 12.4. The SMILES string of the molecule is Cc1ccccc1C(C)(C)CNC(=O)N(C)C1CCCCC1. The summed E-state index contributed by atoms with van der Waals surface area (Å²) >= 11 is 0. The fraction of sp³-hybridized carbons (Fsp3) is 0.632. The molecule has 2 rings (SSSR count). The Bertz CT molecular complexity index is 504. The zero-order chi connectivity index (χ0) is 16.2. The topological polar surface area (TPSA) is 32.3 Å². The number of rotatable bonds is 4. The number of nitrogens with one attached hydrogen (secondary N) is 1. The van der Waals surface area contributed by atoms with Crippen LogP contribution in [-0.4, -0.2) is 30.6 Å². The van der Waals surface area contributed by atoms with Crippen LogP contribution in [0.3, 0.4) is 0 Å². The largest absolute Gasteiger partial charge is 0.337 e. The van der Waals surface area contributed by atoms with E-state index in [0.717, 1.165) is 12.8 Å². The zero-order valence-corrected chi connectivity index (χ0v) is 14.5. The van der Waals surface area contributed by atoms with E-state index in [4.69, 9.17) is 0 Å². The van der Waals surface area contributed by atoms with E-state index in [1.54, 1.807) is 0 Å². The van der Waals surface area contributed by atoms with Gasteiger partial charge in [-0.3, -0.25) is 0 Å².